The van der Waals surface area contributed by atoms with Crippen LogP contribution in [-0.2, 0) is 4.79 Å². The van der Waals surface area contributed by atoms with Crippen LogP contribution in [0.15, 0.2) is 18.2 Å². The number of hydrogen-bond donors (Lipinski definition) is 2. The number of hydrogen-bond acceptors (Lipinski definition) is 8. The van der Waals surface area contributed by atoms with Crippen molar-refractivity contribution < 1.29 is 14.3 Å². The van der Waals surface area contributed by atoms with Gasteiger partial charge in [0.1, 0.15) is 17.5 Å². The summed E-state index contributed by atoms with van der Waals surface area (Å²) in [6.45, 7) is 11.4. The van der Waals surface area contributed by atoms with E-state index < -0.39 is 0 Å². The lowest BCUT2D eigenvalue weighted by atomic mass is 9.90. The highest BCUT2D eigenvalue weighted by Crippen LogP contribution is 2.39. The first kappa shape index (κ1) is 30.6. The lowest BCUT2D eigenvalue weighted by molar-refractivity contribution is -0.120. The van der Waals surface area contributed by atoms with Crippen molar-refractivity contribution in [2.75, 3.05) is 42.9 Å². The van der Waals surface area contributed by atoms with E-state index in [0.29, 0.717) is 41.1 Å². The summed E-state index contributed by atoms with van der Waals surface area (Å²) in [7, 11) is 5.57. The molecule has 0 spiro atoms. The van der Waals surface area contributed by atoms with E-state index in [1.165, 1.54) is 0 Å². The van der Waals surface area contributed by atoms with E-state index in [9.17, 15) is 9.59 Å². The molecule has 10 heteroatoms. The van der Waals surface area contributed by atoms with Gasteiger partial charge < -0.3 is 30.1 Å². The molecule has 0 saturated heterocycles. The molecular weight excluding hydrogens is 518 g/mol. The van der Waals surface area contributed by atoms with Crippen molar-refractivity contribution in [3.63, 3.8) is 0 Å². The predicted octanol–water partition coefficient (Wildman–Crippen LogP) is 4.89. The molecule has 2 heterocycles. The third kappa shape index (κ3) is 6.42. The molecule has 4 rings (SSSR count). The minimum Gasteiger partial charge on any atom is -0.495 e. The normalized spacial score (nSPS) is 20.8. The van der Waals surface area contributed by atoms with Gasteiger partial charge in [-0.15, -0.1) is 0 Å². The van der Waals surface area contributed by atoms with Crippen molar-refractivity contribution in [1.82, 2.24) is 20.2 Å². The maximum absolute atomic E-state index is 13.1. The van der Waals surface area contributed by atoms with Crippen molar-refractivity contribution in [3.8, 4) is 5.75 Å². The summed E-state index contributed by atoms with van der Waals surface area (Å²) in [5.74, 6) is 1.63. The maximum atomic E-state index is 13.1. The van der Waals surface area contributed by atoms with Gasteiger partial charge in [0, 0.05) is 30.7 Å². The van der Waals surface area contributed by atoms with Crippen molar-refractivity contribution >= 4 is 35.0 Å². The lowest BCUT2D eigenvalue weighted by Gasteiger charge is -2.43. The van der Waals surface area contributed by atoms with Gasteiger partial charge in [0.15, 0.2) is 5.82 Å². The summed E-state index contributed by atoms with van der Waals surface area (Å²) in [6, 6.07) is 5.96. The van der Waals surface area contributed by atoms with Gasteiger partial charge in [0.2, 0.25) is 11.9 Å². The number of carbonyl (C=O) groups excluding carboxylic acids is 2. The van der Waals surface area contributed by atoms with Crippen LogP contribution in [0.3, 0.4) is 0 Å². The van der Waals surface area contributed by atoms with Crippen molar-refractivity contribution in [2.24, 2.45) is 0 Å². The Morgan fingerprint density at radius 1 is 1.17 bits per heavy atom. The SMILES string of the molecule is CCCN(C)C1CCC(NC(=O)c2ccc(Nc3nc(C)c4c(n3)N(C(C)C)[C@H](CC)C(=O)N4C)c(OC)c2)CC1. The average molecular weight is 566 g/mol. The second-order valence-electron chi connectivity index (χ2n) is 11.6. The largest absolute Gasteiger partial charge is 0.495 e. The third-order valence-corrected chi connectivity index (χ3v) is 8.46. The molecule has 1 saturated carbocycles. The first-order valence-corrected chi connectivity index (χ1v) is 15.0. The third-order valence-electron chi connectivity index (χ3n) is 8.46. The Morgan fingerprint density at radius 2 is 1.88 bits per heavy atom. The van der Waals surface area contributed by atoms with E-state index >= 15 is 0 Å². The van der Waals surface area contributed by atoms with Gasteiger partial charge in [-0.2, -0.15) is 4.98 Å². The van der Waals surface area contributed by atoms with E-state index in [0.717, 1.165) is 50.2 Å². The number of benzene rings is 1. The summed E-state index contributed by atoms with van der Waals surface area (Å²) < 4.78 is 5.66. The molecule has 2 aromatic rings. The smallest absolute Gasteiger partial charge is 0.251 e. The Morgan fingerprint density at radius 3 is 2.49 bits per heavy atom. The van der Waals surface area contributed by atoms with Gasteiger partial charge in [0.05, 0.1) is 18.5 Å². The minimum absolute atomic E-state index is 0.0496. The van der Waals surface area contributed by atoms with E-state index in [2.05, 4.69) is 53.2 Å². The number of nitrogens with zero attached hydrogens (tertiary/aromatic N) is 5. The molecular formula is C31H47N7O3. The van der Waals surface area contributed by atoms with Gasteiger partial charge in [-0.25, -0.2) is 4.98 Å². The van der Waals surface area contributed by atoms with Gasteiger partial charge in [-0.05, 0) is 91.1 Å². The molecule has 2 N–H and O–H groups in total. The molecule has 1 fully saturated rings. The quantitative estimate of drug-likeness (QED) is 0.420. The number of nitrogens with one attached hydrogen (secondary N) is 2. The first-order chi connectivity index (χ1) is 19.6. The summed E-state index contributed by atoms with van der Waals surface area (Å²) in [4.78, 5) is 42.0. The Hall–Kier alpha value is -3.40. The van der Waals surface area contributed by atoms with Crippen molar-refractivity contribution in [3.05, 3.63) is 29.5 Å². The summed E-state index contributed by atoms with van der Waals surface area (Å²) in [6.07, 6.45) is 6.02. The molecule has 1 aliphatic carbocycles. The zero-order valence-corrected chi connectivity index (χ0v) is 26.0. The number of rotatable bonds is 10. The number of ether oxygens (including phenoxy) is 1. The van der Waals surface area contributed by atoms with E-state index in [-0.39, 0.29) is 29.9 Å². The number of aromatic nitrogens is 2. The number of aryl methyl sites for hydroxylation is 1. The number of methoxy groups -OCH3 is 1. The van der Waals surface area contributed by atoms with E-state index in [1.807, 2.05) is 19.9 Å². The Balaban J connectivity index is 1.50. The molecule has 10 nitrogen and oxygen atoms in total. The van der Waals surface area contributed by atoms with Crippen LogP contribution in [0, 0.1) is 6.92 Å². The first-order valence-electron chi connectivity index (χ1n) is 15.0. The highest BCUT2D eigenvalue weighted by atomic mass is 16.5. The fourth-order valence-electron chi connectivity index (χ4n) is 6.28. The second kappa shape index (κ2) is 13.1. The van der Waals surface area contributed by atoms with Crippen LogP contribution < -0.4 is 25.2 Å². The van der Waals surface area contributed by atoms with Crippen LogP contribution in [0.5, 0.6) is 5.75 Å². The highest BCUT2D eigenvalue weighted by Gasteiger charge is 2.39. The molecule has 1 aromatic carbocycles. The maximum Gasteiger partial charge on any atom is 0.251 e. The second-order valence-corrected chi connectivity index (χ2v) is 11.6. The van der Waals surface area contributed by atoms with E-state index in [1.54, 1.807) is 31.2 Å². The van der Waals surface area contributed by atoms with Crippen LogP contribution in [0.2, 0.25) is 0 Å². The molecule has 1 aromatic heterocycles. The summed E-state index contributed by atoms with van der Waals surface area (Å²) in [5.41, 5.74) is 2.64. The number of carbonyl (C=O) groups is 2. The minimum atomic E-state index is -0.283. The molecule has 1 aliphatic heterocycles. The molecule has 2 aliphatic rings. The number of likely N-dealkylation sites (N-methyl/N-ethyl adjacent to an activating group) is 1. The molecule has 2 amide bonds. The Kier molecular flexibility index (Phi) is 9.73. The van der Waals surface area contributed by atoms with Gasteiger partial charge in [0.25, 0.3) is 5.91 Å². The average Bonchev–Trinajstić information content (AvgIpc) is 2.94. The number of fused-ring (bicyclic) bond motifs is 1. The molecule has 0 unspecified atom stereocenters. The topological polar surface area (TPSA) is 103 Å². The zero-order chi connectivity index (χ0) is 29.8. The van der Waals surface area contributed by atoms with Crippen LogP contribution in [0.25, 0.3) is 0 Å². The van der Waals surface area contributed by atoms with Gasteiger partial charge in [-0.3, -0.25) is 9.59 Å². The molecule has 1 atom stereocenters. The molecule has 0 radical (unpaired) electrons. The van der Waals surface area contributed by atoms with Crippen LogP contribution >= 0.6 is 0 Å². The molecule has 41 heavy (non-hydrogen) atoms. The predicted molar refractivity (Wildman–Crippen MR) is 165 cm³/mol. The van der Waals surface area contributed by atoms with Gasteiger partial charge in [-0.1, -0.05) is 13.8 Å². The lowest BCUT2D eigenvalue weighted by Crippen LogP contribution is -2.55. The van der Waals surface area contributed by atoms with Crippen LogP contribution in [0.1, 0.15) is 82.3 Å². The Bertz CT molecular complexity index is 1240. The monoisotopic (exact) mass is 565 g/mol. The Labute approximate surface area is 244 Å². The van der Waals surface area contributed by atoms with Crippen LogP contribution in [0.4, 0.5) is 23.1 Å². The molecule has 0 bridgehead atoms. The number of amides is 2. The fraction of sp³-hybridized carbons (Fsp3) is 0.613. The number of anilines is 4. The van der Waals surface area contributed by atoms with Gasteiger partial charge >= 0.3 is 0 Å². The summed E-state index contributed by atoms with van der Waals surface area (Å²) in [5, 5.41) is 6.52. The van der Waals surface area contributed by atoms with E-state index in [4.69, 9.17) is 9.72 Å². The molecule has 224 valence electrons. The fourth-order valence-corrected chi connectivity index (χ4v) is 6.28. The van der Waals surface area contributed by atoms with Crippen molar-refractivity contribution in [2.45, 2.75) is 97.3 Å². The highest BCUT2D eigenvalue weighted by molar-refractivity contribution is 6.05. The van der Waals surface area contributed by atoms with Crippen molar-refractivity contribution in [1.29, 1.82) is 0 Å². The zero-order valence-electron chi connectivity index (χ0n) is 26.0. The summed E-state index contributed by atoms with van der Waals surface area (Å²) >= 11 is 0. The standard InChI is InChI=1S/C31H47N7O3/c1-9-17-36(6)23-14-12-22(13-15-23)33-29(39)21-11-16-24(26(18-21)41-8)34-31-32-20(5)27-28(35-31)38(19(3)4)25(10-2)30(40)37(27)7/h11,16,18-19,22-23,25H,9-10,12-15,17H2,1-8H3,(H,33,39)(H,32,34,35)/t22?,23?,25-/m1/s1. The van der Waals surface area contributed by atoms with Crippen LogP contribution in [-0.4, -0.2) is 78.6 Å².